The highest BCUT2D eigenvalue weighted by atomic mass is 35.5. The van der Waals surface area contributed by atoms with Gasteiger partial charge in [0.1, 0.15) is 0 Å². The van der Waals surface area contributed by atoms with Crippen LogP contribution in [0.2, 0.25) is 5.02 Å². The number of nitrogens with zero attached hydrogens (tertiary/aromatic N) is 3. The maximum atomic E-state index is 6.27. The zero-order valence-electron chi connectivity index (χ0n) is 12.2. The van der Waals surface area contributed by atoms with Crippen molar-refractivity contribution in [3.8, 4) is 0 Å². The zero-order chi connectivity index (χ0) is 14.9. The Balaban J connectivity index is 1.61. The average molecular weight is 310 g/mol. The van der Waals surface area contributed by atoms with Crippen LogP contribution in [-0.2, 0) is 19.5 Å². The first-order chi connectivity index (χ1) is 10.8. The molecule has 0 fully saturated rings. The Morgan fingerprint density at radius 1 is 1.18 bits per heavy atom. The Bertz CT molecular complexity index is 831. The molecule has 1 aromatic carbocycles. The van der Waals surface area contributed by atoms with Gasteiger partial charge in [0.2, 0.25) is 0 Å². The molecule has 2 aromatic heterocycles. The molecular weight excluding hydrogens is 294 g/mol. The van der Waals surface area contributed by atoms with Crippen molar-refractivity contribution in [1.29, 1.82) is 0 Å². The molecule has 0 saturated heterocycles. The summed E-state index contributed by atoms with van der Waals surface area (Å²) in [6, 6.07) is 12.3. The van der Waals surface area contributed by atoms with Crippen LogP contribution in [0, 0.1) is 0 Å². The van der Waals surface area contributed by atoms with Gasteiger partial charge in [0, 0.05) is 54.6 Å². The molecule has 0 atom stereocenters. The van der Waals surface area contributed by atoms with Gasteiger partial charge >= 0.3 is 0 Å². The molecule has 3 heterocycles. The van der Waals surface area contributed by atoms with Crippen LogP contribution in [0.25, 0.3) is 10.9 Å². The average Bonchev–Trinajstić information content (AvgIpc) is 2.55. The summed E-state index contributed by atoms with van der Waals surface area (Å²) >= 11 is 6.27. The Labute approximate surface area is 134 Å². The fourth-order valence-electron chi connectivity index (χ4n) is 3.04. The van der Waals surface area contributed by atoms with Gasteiger partial charge in [-0.15, -0.1) is 0 Å². The summed E-state index contributed by atoms with van der Waals surface area (Å²) in [4.78, 5) is 11.4. The molecule has 0 aliphatic carbocycles. The molecule has 0 bridgehead atoms. The number of rotatable bonds is 2. The van der Waals surface area contributed by atoms with E-state index in [0.29, 0.717) is 0 Å². The summed E-state index contributed by atoms with van der Waals surface area (Å²) in [5.41, 5.74) is 4.74. The second-order valence-electron chi connectivity index (χ2n) is 5.71. The van der Waals surface area contributed by atoms with E-state index in [9.17, 15) is 0 Å². The van der Waals surface area contributed by atoms with Gasteiger partial charge in [0.25, 0.3) is 0 Å². The van der Waals surface area contributed by atoms with Gasteiger partial charge in [-0.1, -0.05) is 29.8 Å². The van der Waals surface area contributed by atoms with E-state index in [1.165, 1.54) is 16.8 Å². The second kappa shape index (κ2) is 5.67. The van der Waals surface area contributed by atoms with Crippen LogP contribution < -0.4 is 0 Å². The third-order valence-electron chi connectivity index (χ3n) is 4.19. The Hall–Kier alpha value is -1.97. The van der Waals surface area contributed by atoms with Crippen molar-refractivity contribution in [3.63, 3.8) is 0 Å². The van der Waals surface area contributed by atoms with Crippen LogP contribution >= 0.6 is 11.6 Å². The van der Waals surface area contributed by atoms with Crippen LogP contribution in [0.1, 0.15) is 16.8 Å². The highest BCUT2D eigenvalue weighted by molar-refractivity contribution is 6.31. The maximum absolute atomic E-state index is 6.27. The summed E-state index contributed by atoms with van der Waals surface area (Å²) in [5.74, 6) is 0. The summed E-state index contributed by atoms with van der Waals surface area (Å²) in [6.45, 7) is 2.81. The van der Waals surface area contributed by atoms with Crippen molar-refractivity contribution in [2.45, 2.75) is 19.5 Å². The summed E-state index contributed by atoms with van der Waals surface area (Å²) in [5, 5.41) is 1.95. The SMILES string of the molecule is Clc1ccccc1CN1CCc2nc3ccncc3cc2C1. The normalized spacial score (nSPS) is 15.0. The first-order valence-corrected chi connectivity index (χ1v) is 7.86. The molecule has 3 aromatic rings. The van der Waals surface area contributed by atoms with Crippen molar-refractivity contribution >= 4 is 22.5 Å². The molecule has 1 aliphatic rings. The topological polar surface area (TPSA) is 29.0 Å². The lowest BCUT2D eigenvalue weighted by molar-refractivity contribution is 0.244. The minimum absolute atomic E-state index is 0.842. The third-order valence-corrected chi connectivity index (χ3v) is 4.56. The van der Waals surface area contributed by atoms with Crippen LogP contribution in [0.5, 0.6) is 0 Å². The fourth-order valence-corrected chi connectivity index (χ4v) is 3.24. The lowest BCUT2D eigenvalue weighted by Gasteiger charge is -2.28. The number of hydrogen-bond acceptors (Lipinski definition) is 3. The molecule has 3 nitrogen and oxygen atoms in total. The quantitative estimate of drug-likeness (QED) is 0.720. The van der Waals surface area contributed by atoms with E-state index in [1.54, 1.807) is 6.20 Å². The zero-order valence-corrected chi connectivity index (χ0v) is 12.9. The summed E-state index contributed by atoms with van der Waals surface area (Å²) in [7, 11) is 0. The van der Waals surface area contributed by atoms with E-state index < -0.39 is 0 Å². The highest BCUT2D eigenvalue weighted by Gasteiger charge is 2.18. The molecule has 0 unspecified atom stereocenters. The number of pyridine rings is 2. The number of aromatic nitrogens is 2. The molecule has 22 heavy (non-hydrogen) atoms. The van der Waals surface area contributed by atoms with E-state index in [-0.39, 0.29) is 0 Å². The van der Waals surface area contributed by atoms with Crippen molar-refractivity contribution < 1.29 is 0 Å². The molecule has 0 spiro atoms. The predicted molar refractivity (Wildman–Crippen MR) is 88.8 cm³/mol. The minimum Gasteiger partial charge on any atom is -0.294 e. The molecule has 1 aliphatic heterocycles. The van der Waals surface area contributed by atoms with Crippen LogP contribution in [0.3, 0.4) is 0 Å². The van der Waals surface area contributed by atoms with Gasteiger partial charge in [-0.25, -0.2) is 0 Å². The molecule has 0 amide bonds. The number of hydrogen-bond donors (Lipinski definition) is 0. The van der Waals surface area contributed by atoms with E-state index in [2.05, 4.69) is 22.0 Å². The molecular formula is C18H16ClN3. The Morgan fingerprint density at radius 3 is 3.00 bits per heavy atom. The van der Waals surface area contributed by atoms with E-state index in [1.807, 2.05) is 30.5 Å². The smallest absolute Gasteiger partial charge is 0.0736 e. The van der Waals surface area contributed by atoms with Crippen LogP contribution in [-0.4, -0.2) is 21.4 Å². The molecule has 4 heteroatoms. The van der Waals surface area contributed by atoms with Gasteiger partial charge in [-0.3, -0.25) is 14.9 Å². The van der Waals surface area contributed by atoms with Crippen molar-refractivity contribution in [2.24, 2.45) is 0 Å². The van der Waals surface area contributed by atoms with E-state index in [0.717, 1.165) is 42.0 Å². The predicted octanol–water partition coefficient (Wildman–Crippen LogP) is 3.84. The fraction of sp³-hybridized carbons (Fsp3) is 0.222. The molecule has 0 radical (unpaired) electrons. The van der Waals surface area contributed by atoms with Crippen molar-refractivity contribution in [2.75, 3.05) is 6.54 Å². The van der Waals surface area contributed by atoms with Crippen molar-refractivity contribution in [3.05, 3.63) is 70.6 Å². The van der Waals surface area contributed by atoms with Gasteiger partial charge in [-0.05, 0) is 29.3 Å². The third kappa shape index (κ3) is 2.58. The van der Waals surface area contributed by atoms with Gasteiger partial charge in [0.05, 0.1) is 5.52 Å². The number of benzene rings is 1. The van der Waals surface area contributed by atoms with Crippen LogP contribution in [0.15, 0.2) is 48.8 Å². The second-order valence-corrected chi connectivity index (χ2v) is 6.12. The Kier molecular flexibility index (Phi) is 3.53. The molecule has 4 rings (SSSR count). The summed E-state index contributed by atoms with van der Waals surface area (Å²) in [6.07, 6.45) is 4.67. The molecule has 0 saturated carbocycles. The Morgan fingerprint density at radius 2 is 2.09 bits per heavy atom. The van der Waals surface area contributed by atoms with Gasteiger partial charge < -0.3 is 0 Å². The first kappa shape index (κ1) is 13.7. The lowest BCUT2D eigenvalue weighted by Crippen LogP contribution is -2.30. The molecule has 110 valence electrons. The monoisotopic (exact) mass is 309 g/mol. The standard InChI is InChI=1S/C18H16ClN3/c19-16-4-2-1-3-13(16)11-22-8-6-18-15(12-22)9-14-10-20-7-5-17(14)21-18/h1-5,7,9-10H,6,8,11-12H2. The number of fused-ring (bicyclic) bond motifs is 2. The largest absolute Gasteiger partial charge is 0.294 e. The first-order valence-electron chi connectivity index (χ1n) is 7.48. The van der Waals surface area contributed by atoms with Crippen molar-refractivity contribution in [1.82, 2.24) is 14.9 Å². The lowest BCUT2D eigenvalue weighted by atomic mass is 10.0. The molecule has 0 N–H and O–H groups in total. The van der Waals surface area contributed by atoms with Crippen LogP contribution in [0.4, 0.5) is 0 Å². The number of halogens is 1. The van der Waals surface area contributed by atoms with E-state index in [4.69, 9.17) is 16.6 Å². The highest BCUT2D eigenvalue weighted by Crippen LogP contribution is 2.24. The minimum atomic E-state index is 0.842. The van der Waals surface area contributed by atoms with E-state index >= 15 is 0 Å². The van der Waals surface area contributed by atoms with Gasteiger partial charge in [0.15, 0.2) is 0 Å². The maximum Gasteiger partial charge on any atom is 0.0736 e. The summed E-state index contributed by atoms with van der Waals surface area (Å²) < 4.78 is 0. The van der Waals surface area contributed by atoms with Gasteiger partial charge in [-0.2, -0.15) is 0 Å².